The normalized spacial score (nSPS) is 15.9. The van der Waals surface area contributed by atoms with Crippen LogP contribution in [0, 0.1) is 6.07 Å². The van der Waals surface area contributed by atoms with Gasteiger partial charge < -0.3 is 14.4 Å². The molecule has 89 valence electrons. The minimum absolute atomic E-state index is 0.311. The summed E-state index contributed by atoms with van der Waals surface area (Å²) in [5.41, 5.74) is 3.57. The molecule has 18 heavy (non-hydrogen) atoms. The van der Waals surface area contributed by atoms with E-state index < -0.39 is 0 Å². The Bertz CT molecular complexity index is 609. The molecule has 3 heteroatoms. The first-order chi connectivity index (χ1) is 8.93. The van der Waals surface area contributed by atoms with Crippen molar-refractivity contribution in [2.45, 2.75) is 6.42 Å². The van der Waals surface area contributed by atoms with E-state index >= 15 is 0 Å². The number of benzene rings is 2. The summed E-state index contributed by atoms with van der Waals surface area (Å²) in [5.74, 6) is 1.68. The predicted molar refractivity (Wildman–Crippen MR) is 68.6 cm³/mol. The first-order valence-electron chi connectivity index (χ1n) is 6.09. The van der Waals surface area contributed by atoms with Crippen LogP contribution in [0.4, 0.5) is 11.4 Å². The lowest BCUT2D eigenvalue weighted by Gasteiger charge is -2.20. The van der Waals surface area contributed by atoms with E-state index in [0.717, 1.165) is 35.8 Å². The first-order valence-corrected chi connectivity index (χ1v) is 6.09. The third-order valence-corrected chi connectivity index (χ3v) is 3.46. The fourth-order valence-electron chi connectivity index (χ4n) is 2.63. The predicted octanol–water partition coefficient (Wildman–Crippen LogP) is 2.91. The van der Waals surface area contributed by atoms with Gasteiger partial charge in [0.2, 0.25) is 6.79 Å². The summed E-state index contributed by atoms with van der Waals surface area (Å²) >= 11 is 0. The zero-order chi connectivity index (χ0) is 11.9. The van der Waals surface area contributed by atoms with Gasteiger partial charge in [-0.3, -0.25) is 0 Å². The average molecular weight is 238 g/mol. The van der Waals surface area contributed by atoms with Crippen LogP contribution in [-0.4, -0.2) is 13.3 Å². The molecule has 2 aliphatic rings. The van der Waals surface area contributed by atoms with E-state index in [4.69, 9.17) is 9.47 Å². The molecule has 2 heterocycles. The number of para-hydroxylation sites is 2. The van der Waals surface area contributed by atoms with Gasteiger partial charge in [-0.15, -0.1) is 0 Å². The summed E-state index contributed by atoms with van der Waals surface area (Å²) in [4.78, 5) is 2.25. The smallest absolute Gasteiger partial charge is 0.231 e. The second-order valence-electron chi connectivity index (χ2n) is 4.46. The molecule has 0 amide bonds. The number of fused-ring (bicyclic) bond motifs is 2. The summed E-state index contributed by atoms with van der Waals surface area (Å²) in [6.45, 7) is 1.28. The van der Waals surface area contributed by atoms with E-state index in [1.165, 1.54) is 5.56 Å². The Morgan fingerprint density at radius 3 is 3.11 bits per heavy atom. The van der Waals surface area contributed by atoms with E-state index in [2.05, 4.69) is 23.1 Å². The second kappa shape index (κ2) is 3.67. The second-order valence-corrected chi connectivity index (χ2v) is 4.46. The Balaban J connectivity index is 1.84. The van der Waals surface area contributed by atoms with Gasteiger partial charge in [-0.1, -0.05) is 24.3 Å². The quantitative estimate of drug-likeness (QED) is 0.762. The topological polar surface area (TPSA) is 21.7 Å². The fraction of sp³-hybridized carbons (Fsp3) is 0.200. The van der Waals surface area contributed by atoms with Gasteiger partial charge >= 0.3 is 0 Å². The molecule has 0 unspecified atom stereocenters. The highest BCUT2D eigenvalue weighted by molar-refractivity contribution is 5.76. The van der Waals surface area contributed by atoms with Crippen LogP contribution < -0.4 is 14.4 Å². The first kappa shape index (κ1) is 9.83. The highest BCUT2D eigenvalue weighted by atomic mass is 16.7. The van der Waals surface area contributed by atoms with Gasteiger partial charge in [0.05, 0.1) is 11.4 Å². The lowest BCUT2D eigenvalue weighted by Crippen LogP contribution is -2.13. The van der Waals surface area contributed by atoms with Gasteiger partial charge in [0.25, 0.3) is 0 Å². The van der Waals surface area contributed by atoms with Gasteiger partial charge in [-0.25, -0.2) is 0 Å². The van der Waals surface area contributed by atoms with Crippen molar-refractivity contribution in [3.8, 4) is 11.5 Å². The minimum Gasteiger partial charge on any atom is -0.454 e. The summed E-state index contributed by atoms with van der Waals surface area (Å²) in [6, 6.07) is 15.5. The van der Waals surface area contributed by atoms with Gasteiger partial charge in [0.15, 0.2) is 11.5 Å². The van der Waals surface area contributed by atoms with Gasteiger partial charge in [0, 0.05) is 12.6 Å². The zero-order valence-corrected chi connectivity index (χ0v) is 9.85. The Morgan fingerprint density at radius 1 is 1.11 bits per heavy atom. The van der Waals surface area contributed by atoms with Crippen molar-refractivity contribution in [3.63, 3.8) is 0 Å². The third-order valence-electron chi connectivity index (χ3n) is 3.46. The van der Waals surface area contributed by atoms with Gasteiger partial charge in [-0.05, 0) is 24.1 Å². The van der Waals surface area contributed by atoms with Crippen molar-refractivity contribution in [1.82, 2.24) is 0 Å². The summed E-state index contributed by atoms with van der Waals surface area (Å²) in [7, 11) is 0. The Morgan fingerprint density at radius 2 is 2.11 bits per heavy atom. The van der Waals surface area contributed by atoms with E-state index in [9.17, 15) is 0 Å². The number of nitrogens with zero attached hydrogens (tertiary/aromatic N) is 1. The molecule has 0 aromatic heterocycles. The van der Waals surface area contributed by atoms with Crippen LogP contribution in [-0.2, 0) is 6.42 Å². The lowest BCUT2D eigenvalue weighted by atomic mass is 10.2. The van der Waals surface area contributed by atoms with Crippen LogP contribution in [0.5, 0.6) is 11.5 Å². The van der Waals surface area contributed by atoms with Crippen molar-refractivity contribution < 1.29 is 9.47 Å². The van der Waals surface area contributed by atoms with Gasteiger partial charge in [-0.2, -0.15) is 0 Å². The number of ether oxygens (including phenoxy) is 2. The van der Waals surface area contributed by atoms with Crippen molar-refractivity contribution in [3.05, 3.63) is 48.0 Å². The highest BCUT2D eigenvalue weighted by Gasteiger charge is 2.26. The van der Waals surface area contributed by atoms with Gasteiger partial charge in [0.1, 0.15) is 0 Å². The van der Waals surface area contributed by atoms with E-state index in [1.807, 2.05) is 24.3 Å². The summed E-state index contributed by atoms with van der Waals surface area (Å²) < 4.78 is 11.0. The zero-order valence-electron chi connectivity index (χ0n) is 9.85. The molecule has 2 aromatic carbocycles. The molecule has 0 aliphatic carbocycles. The van der Waals surface area contributed by atoms with E-state index in [-0.39, 0.29) is 0 Å². The van der Waals surface area contributed by atoms with Crippen LogP contribution in [0.15, 0.2) is 36.4 Å². The molecular weight excluding hydrogens is 226 g/mol. The molecule has 0 spiro atoms. The third kappa shape index (κ3) is 1.30. The number of hydrogen-bond acceptors (Lipinski definition) is 3. The number of anilines is 2. The molecule has 0 saturated carbocycles. The lowest BCUT2D eigenvalue weighted by molar-refractivity contribution is 0.174. The van der Waals surface area contributed by atoms with Crippen LogP contribution in [0.25, 0.3) is 0 Å². The van der Waals surface area contributed by atoms with Crippen LogP contribution in [0.3, 0.4) is 0 Å². The maximum atomic E-state index is 5.58. The van der Waals surface area contributed by atoms with Crippen molar-refractivity contribution in [2.24, 2.45) is 0 Å². The molecule has 0 atom stereocenters. The molecule has 0 bridgehead atoms. The average Bonchev–Trinajstić information content (AvgIpc) is 3.05. The minimum atomic E-state index is 0.311. The molecular formula is C15H12NO2. The molecule has 2 aromatic rings. The number of hydrogen-bond donors (Lipinski definition) is 0. The van der Waals surface area contributed by atoms with Crippen LogP contribution in [0.2, 0.25) is 0 Å². The number of rotatable bonds is 1. The Labute approximate surface area is 106 Å². The maximum Gasteiger partial charge on any atom is 0.231 e. The van der Waals surface area contributed by atoms with Crippen molar-refractivity contribution in [1.29, 1.82) is 0 Å². The largest absolute Gasteiger partial charge is 0.454 e. The molecule has 3 nitrogen and oxygen atoms in total. The van der Waals surface area contributed by atoms with Crippen molar-refractivity contribution in [2.75, 3.05) is 18.2 Å². The Hall–Kier alpha value is -2.16. The van der Waals surface area contributed by atoms with Crippen LogP contribution >= 0.6 is 0 Å². The highest BCUT2D eigenvalue weighted by Crippen LogP contribution is 2.45. The van der Waals surface area contributed by atoms with Crippen molar-refractivity contribution >= 4 is 11.4 Å². The van der Waals surface area contributed by atoms with Crippen LogP contribution in [0.1, 0.15) is 5.56 Å². The molecule has 1 radical (unpaired) electrons. The molecule has 0 saturated heterocycles. The molecule has 4 rings (SSSR count). The molecule has 2 aliphatic heterocycles. The fourth-order valence-corrected chi connectivity index (χ4v) is 2.63. The SMILES string of the molecule is [c]1cccc2c1N(c1cccc3c1OCO3)CC2. The maximum absolute atomic E-state index is 5.58. The molecule has 0 N–H and O–H groups in total. The Kier molecular flexibility index (Phi) is 2.00. The summed E-state index contributed by atoms with van der Waals surface area (Å²) in [6.07, 6.45) is 1.05. The van der Waals surface area contributed by atoms with E-state index in [0.29, 0.717) is 6.79 Å². The monoisotopic (exact) mass is 238 g/mol. The summed E-state index contributed by atoms with van der Waals surface area (Å²) in [5, 5.41) is 0. The standard InChI is InChI=1S/C15H12NO2/c1-2-5-12-11(4-1)8-9-16(12)13-6-3-7-14-15(13)18-10-17-14/h1-4,6-7H,8-10H2. The van der Waals surface area contributed by atoms with E-state index in [1.54, 1.807) is 0 Å². The molecule has 0 fully saturated rings.